The van der Waals surface area contributed by atoms with Crippen LogP contribution >= 0.6 is 47.2 Å². The lowest BCUT2D eigenvalue weighted by molar-refractivity contribution is -0.122. The summed E-state index contributed by atoms with van der Waals surface area (Å²) in [6, 6.07) is 10.2. The van der Waals surface area contributed by atoms with Crippen LogP contribution in [-0.2, 0) is 9.59 Å². The van der Waals surface area contributed by atoms with Crippen molar-refractivity contribution in [3.63, 3.8) is 0 Å². The minimum Gasteiger partial charge on any atom is -0.493 e. The summed E-state index contributed by atoms with van der Waals surface area (Å²) in [4.78, 5) is 26.9. The van der Waals surface area contributed by atoms with Gasteiger partial charge in [-0.1, -0.05) is 66.2 Å². The number of nitrogens with zero attached hydrogens (tertiary/aromatic N) is 1. The number of carbonyl (C=O) groups excluding carboxylic acids is 2. The van der Waals surface area contributed by atoms with Gasteiger partial charge in [-0.05, 0) is 42.3 Å². The third-order valence-electron chi connectivity index (χ3n) is 4.37. The molecule has 1 fully saturated rings. The molecule has 1 aliphatic rings. The molecule has 2 aromatic rings. The molecular formula is C22H20Cl2N2O4S2. The van der Waals surface area contributed by atoms with Crippen LogP contribution in [0.15, 0.2) is 41.3 Å². The lowest BCUT2D eigenvalue weighted by Crippen LogP contribution is -2.28. The van der Waals surface area contributed by atoms with Gasteiger partial charge in [-0.3, -0.25) is 14.5 Å². The second kappa shape index (κ2) is 11.0. The van der Waals surface area contributed by atoms with E-state index in [0.29, 0.717) is 37.8 Å². The molecule has 32 heavy (non-hydrogen) atoms. The van der Waals surface area contributed by atoms with E-state index in [9.17, 15) is 9.59 Å². The van der Waals surface area contributed by atoms with Crippen molar-refractivity contribution in [2.45, 2.75) is 13.3 Å². The van der Waals surface area contributed by atoms with Crippen molar-refractivity contribution in [1.29, 1.82) is 0 Å². The van der Waals surface area contributed by atoms with Crippen molar-refractivity contribution in [2.24, 2.45) is 0 Å². The number of anilines is 1. The van der Waals surface area contributed by atoms with E-state index in [4.69, 9.17) is 44.9 Å². The van der Waals surface area contributed by atoms with Crippen molar-refractivity contribution in [3.8, 4) is 11.5 Å². The Morgan fingerprint density at radius 2 is 2.00 bits per heavy atom. The van der Waals surface area contributed by atoms with E-state index in [2.05, 4.69) is 5.32 Å². The van der Waals surface area contributed by atoms with E-state index >= 15 is 0 Å². The van der Waals surface area contributed by atoms with Gasteiger partial charge in [-0.2, -0.15) is 0 Å². The lowest BCUT2D eigenvalue weighted by Gasteiger charge is -2.14. The van der Waals surface area contributed by atoms with Crippen LogP contribution in [0.4, 0.5) is 5.69 Å². The van der Waals surface area contributed by atoms with E-state index < -0.39 is 5.91 Å². The van der Waals surface area contributed by atoms with Gasteiger partial charge in [0.05, 0.1) is 27.7 Å². The molecule has 2 aromatic carbocycles. The highest BCUT2D eigenvalue weighted by Gasteiger charge is 2.31. The van der Waals surface area contributed by atoms with Gasteiger partial charge in [-0.25, -0.2) is 0 Å². The predicted octanol–water partition coefficient (Wildman–Crippen LogP) is 5.63. The van der Waals surface area contributed by atoms with Gasteiger partial charge in [0.25, 0.3) is 11.8 Å². The normalized spacial score (nSPS) is 14.8. The third-order valence-corrected chi connectivity index (χ3v) is 6.35. The maximum absolute atomic E-state index is 12.6. The largest absolute Gasteiger partial charge is 0.493 e. The van der Waals surface area contributed by atoms with E-state index in [1.54, 1.807) is 47.4 Å². The molecule has 10 heteroatoms. The molecule has 0 aliphatic carbocycles. The number of hydrogen-bond donors (Lipinski definition) is 1. The highest BCUT2D eigenvalue weighted by atomic mass is 35.5. The molecule has 0 aromatic heterocycles. The Balaban J connectivity index is 1.74. The molecule has 0 radical (unpaired) electrons. The summed E-state index contributed by atoms with van der Waals surface area (Å²) in [7, 11) is 1.47. The van der Waals surface area contributed by atoms with Crippen LogP contribution in [0.5, 0.6) is 11.5 Å². The van der Waals surface area contributed by atoms with E-state index in [-0.39, 0.29) is 23.3 Å². The van der Waals surface area contributed by atoms with Crippen LogP contribution in [-0.4, -0.2) is 41.3 Å². The fourth-order valence-electron chi connectivity index (χ4n) is 2.92. The van der Waals surface area contributed by atoms with Crippen LogP contribution in [0.1, 0.15) is 18.9 Å². The van der Waals surface area contributed by atoms with E-state index in [1.165, 1.54) is 18.9 Å². The maximum Gasteiger partial charge on any atom is 0.266 e. The first kappa shape index (κ1) is 24.4. The second-order valence-corrected chi connectivity index (χ2v) is 9.17. The number of rotatable bonds is 8. The zero-order valence-corrected chi connectivity index (χ0v) is 20.5. The highest BCUT2D eigenvalue weighted by molar-refractivity contribution is 8.26. The average Bonchev–Trinajstić information content (AvgIpc) is 3.02. The molecule has 168 valence electrons. The second-order valence-electron chi connectivity index (χ2n) is 6.68. The first-order valence-corrected chi connectivity index (χ1v) is 11.6. The smallest absolute Gasteiger partial charge is 0.266 e. The summed E-state index contributed by atoms with van der Waals surface area (Å²) in [5.41, 5.74) is 1.13. The summed E-state index contributed by atoms with van der Waals surface area (Å²) in [6.07, 6.45) is 2.52. The van der Waals surface area contributed by atoms with Crippen molar-refractivity contribution in [3.05, 3.63) is 56.9 Å². The minimum absolute atomic E-state index is 0.131. The molecule has 2 amide bonds. The van der Waals surface area contributed by atoms with E-state index in [0.717, 1.165) is 6.42 Å². The number of thiocarbonyl (C=S) groups is 1. The maximum atomic E-state index is 12.6. The Kier molecular flexibility index (Phi) is 8.42. The number of amides is 2. The summed E-state index contributed by atoms with van der Waals surface area (Å²) in [6.45, 7) is 2.27. The van der Waals surface area contributed by atoms with Crippen LogP contribution in [0.3, 0.4) is 0 Å². The van der Waals surface area contributed by atoms with Gasteiger partial charge in [0.1, 0.15) is 4.32 Å². The van der Waals surface area contributed by atoms with Crippen LogP contribution in [0, 0.1) is 0 Å². The Morgan fingerprint density at radius 3 is 2.69 bits per heavy atom. The monoisotopic (exact) mass is 510 g/mol. The molecule has 1 saturated heterocycles. The minimum atomic E-state index is -0.403. The fourth-order valence-corrected chi connectivity index (χ4v) is 4.68. The Bertz CT molecular complexity index is 1090. The molecule has 0 unspecified atom stereocenters. The molecule has 0 saturated carbocycles. The van der Waals surface area contributed by atoms with Gasteiger partial charge in [0, 0.05) is 6.54 Å². The first-order valence-electron chi connectivity index (χ1n) is 9.64. The number of para-hydroxylation sites is 1. The first-order chi connectivity index (χ1) is 15.3. The number of methoxy groups -OCH3 is 1. The number of halogens is 2. The van der Waals surface area contributed by atoms with Crippen molar-refractivity contribution in [1.82, 2.24) is 4.90 Å². The number of nitrogens with one attached hydrogen (secondary N) is 1. The SMILES string of the molecule is CCCN1C(=O)/C(=C/c2cc(Cl)c(OCC(=O)Nc3ccccc3Cl)c(OC)c2)SC1=S. The Labute approximate surface area is 205 Å². The molecule has 0 spiro atoms. The average molecular weight is 511 g/mol. The molecule has 3 rings (SSSR count). The summed E-state index contributed by atoms with van der Waals surface area (Å²) in [5, 5.41) is 3.34. The van der Waals surface area contributed by atoms with Gasteiger partial charge in [0.15, 0.2) is 18.1 Å². The van der Waals surface area contributed by atoms with Gasteiger partial charge in [-0.15, -0.1) is 0 Å². The van der Waals surface area contributed by atoms with Crippen molar-refractivity contribution in [2.75, 3.05) is 25.6 Å². The quantitative estimate of drug-likeness (QED) is 0.366. The molecular weight excluding hydrogens is 491 g/mol. The third kappa shape index (κ3) is 5.75. The summed E-state index contributed by atoms with van der Waals surface area (Å²) >= 11 is 19.0. The van der Waals surface area contributed by atoms with Crippen LogP contribution < -0.4 is 14.8 Å². The molecule has 1 heterocycles. The van der Waals surface area contributed by atoms with Crippen LogP contribution in [0.2, 0.25) is 10.0 Å². The Morgan fingerprint density at radius 1 is 1.25 bits per heavy atom. The number of benzene rings is 2. The van der Waals surface area contributed by atoms with Crippen molar-refractivity contribution >= 4 is 75.1 Å². The zero-order valence-electron chi connectivity index (χ0n) is 17.3. The van der Waals surface area contributed by atoms with Gasteiger partial charge >= 0.3 is 0 Å². The molecule has 0 atom stereocenters. The zero-order chi connectivity index (χ0) is 23.3. The highest BCUT2D eigenvalue weighted by Crippen LogP contribution is 2.39. The standard InChI is InChI=1S/C22H20Cl2N2O4S2/c1-3-8-26-21(28)18(32-22(26)31)11-13-9-15(24)20(17(10-13)29-2)30-12-19(27)25-16-7-5-4-6-14(16)23/h4-7,9-11H,3,8,12H2,1-2H3,(H,25,27)/b18-11-. The van der Waals surface area contributed by atoms with Gasteiger partial charge in [0.2, 0.25) is 0 Å². The predicted molar refractivity (Wildman–Crippen MR) is 134 cm³/mol. The fraction of sp³-hybridized carbons (Fsp3) is 0.227. The van der Waals surface area contributed by atoms with Gasteiger partial charge < -0.3 is 14.8 Å². The van der Waals surface area contributed by atoms with Crippen molar-refractivity contribution < 1.29 is 19.1 Å². The molecule has 0 bridgehead atoms. The number of hydrogen-bond acceptors (Lipinski definition) is 6. The number of ether oxygens (including phenoxy) is 2. The summed E-state index contributed by atoms with van der Waals surface area (Å²) < 4.78 is 11.5. The summed E-state index contributed by atoms with van der Waals surface area (Å²) in [5.74, 6) is 0.0193. The number of thioether (sulfide) groups is 1. The topological polar surface area (TPSA) is 67.9 Å². The van der Waals surface area contributed by atoms with E-state index in [1.807, 2.05) is 6.92 Å². The lowest BCUT2D eigenvalue weighted by atomic mass is 10.1. The number of carbonyl (C=O) groups is 2. The molecule has 6 nitrogen and oxygen atoms in total. The van der Waals surface area contributed by atoms with Crippen LogP contribution in [0.25, 0.3) is 6.08 Å². The molecule has 1 aliphatic heterocycles. The Hall–Kier alpha value is -2.26. The molecule has 1 N–H and O–H groups in total.